The Balaban J connectivity index is 0.00000102. The van der Waals surface area contributed by atoms with Gasteiger partial charge in [-0.3, -0.25) is 0 Å². The maximum absolute atomic E-state index is 5.02. The fourth-order valence-corrected chi connectivity index (χ4v) is 1.89. The molecule has 0 bridgehead atoms. The van der Waals surface area contributed by atoms with Crippen molar-refractivity contribution in [1.29, 1.82) is 0 Å². The number of hydrogen-bond donors (Lipinski definition) is 2. The molecule has 0 saturated heterocycles. The van der Waals surface area contributed by atoms with Gasteiger partial charge in [0.05, 0.1) is 5.71 Å². The number of rotatable bonds is 5. The molecule has 1 aliphatic rings. The zero-order valence-electron chi connectivity index (χ0n) is 14.2. The molecule has 22 heavy (non-hydrogen) atoms. The number of benzene rings is 1. The van der Waals surface area contributed by atoms with Gasteiger partial charge in [0.15, 0.2) is 0 Å². The van der Waals surface area contributed by atoms with E-state index in [1.807, 2.05) is 27.0 Å². The number of nitrogens with one attached hydrogen (secondary N) is 1. The van der Waals surface area contributed by atoms with Crippen molar-refractivity contribution < 1.29 is 4.84 Å². The first-order chi connectivity index (χ1) is 10.8. The number of allylic oxidation sites excluding steroid dienone is 2. The Morgan fingerprint density at radius 1 is 1.32 bits per heavy atom. The fourth-order valence-electron chi connectivity index (χ4n) is 1.89. The van der Waals surface area contributed by atoms with Crippen molar-refractivity contribution in [3.63, 3.8) is 0 Å². The van der Waals surface area contributed by atoms with Crippen LogP contribution in [-0.4, -0.2) is 33.0 Å². The van der Waals surface area contributed by atoms with Gasteiger partial charge in [-0.15, -0.1) is 0 Å². The second kappa shape index (κ2) is 12.8. The van der Waals surface area contributed by atoms with Crippen molar-refractivity contribution in [2.75, 3.05) is 27.2 Å². The van der Waals surface area contributed by atoms with Gasteiger partial charge in [-0.2, -0.15) is 0 Å². The number of nitrogens with zero attached hydrogens (tertiary/aromatic N) is 1. The van der Waals surface area contributed by atoms with Crippen LogP contribution >= 0.6 is 0 Å². The third-order valence-electron chi connectivity index (χ3n) is 2.90. The Morgan fingerprint density at radius 2 is 1.95 bits per heavy atom. The molecule has 3 N–H and O–H groups in total. The summed E-state index contributed by atoms with van der Waals surface area (Å²) in [6.45, 7) is 9.38. The van der Waals surface area contributed by atoms with Gasteiger partial charge in [0, 0.05) is 13.0 Å². The number of oxime groups is 1. The van der Waals surface area contributed by atoms with Crippen molar-refractivity contribution in [2.24, 2.45) is 10.9 Å². The van der Waals surface area contributed by atoms with E-state index in [0.717, 1.165) is 29.8 Å². The summed E-state index contributed by atoms with van der Waals surface area (Å²) in [5, 5.41) is 7.12. The summed E-state index contributed by atoms with van der Waals surface area (Å²) in [5.41, 5.74) is 8.97. The van der Waals surface area contributed by atoms with Crippen LogP contribution in [0, 0.1) is 0 Å². The maximum atomic E-state index is 5.02. The first-order valence-electron chi connectivity index (χ1n) is 7.69. The Morgan fingerprint density at radius 3 is 2.41 bits per heavy atom. The lowest BCUT2D eigenvalue weighted by atomic mass is 10.0. The van der Waals surface area contributed by atoms with E-state index in [1.165, 1.54) is 12.6 Å². The van der Waals surface area contributed by atoms with E-state index in [9.17, 15) is 0 Å². The van der Waals surface area contributed by atoms with E-state index in [1.54, 1.807) is 0 Å². The predicted octanol–water partition coefficient (Wildman–Crippen LogP) is 3.20. The van der Waals surface area contributed by atoms with Gasteiger partial charge in [-0.1, -0.05) is 62.0 Å². The van der Waals surface area contributed by atoms with Crippen LogP contribution in [0.15, 0.2) is 48.2 Å². The van der Waals surface area contributed by atoms with Gasteiger partial charge in [-0.25, -0.2) is 0 Å². The lowest BCUT2D eigenvalue weighted by Gasteiger charge is -2.04. The van der Waals surface area contributed by atoms with Crippen LogP contribution < -0.4 is 11.1 Å². The number of hydrogen-bond acceptors (Lipinski definition) is 4. The van der Waals surface area contributed by atoms with E-state index < -0.39 is 0 Å². The lowest BCUT2D eigenvalue weighted by molar-refractivity contribution is 0.174. The molecule has 4 heteroatoms. The summed E-state index contributed by atoms with van der Waals surface area (Å²) in [5.74, 6) is 0. The van der Waals surface area contributed by atoms with Gasteiger partial charge in [-0.05, 0) is 30.8 Å². The van der Waals surface area contributed by atoms with Crippen LogP contribution in [0.2, 0.25) is 0 Å². The molecule has 2 rings (SSSR count). The van der Waals surface area contributed by atoms with Crippen LogP contribution in [0.1, 0.15) is 31.4 Å². The standard InChI is InChI=1S/C15H18N2O.C2H6.CH5N/c1-3-12(8-10-16-2)13-4-6-14(7-5-13)15-9-11-18-17-15;2*1-2/h3-8,16H,1,9-11H2,2H3;1-2H3;2H2,1H3/b12-8+;;. The molecule has 1 aliphatic heterocycles. The lowest BCUT2D eigenvalue weighted by Crippen LogP contribution is -2.04. The minimum absolute atomic E-state index is 0.692. The zero-order valence-corrected chi connectivity index (χ0v) is 14.2. The molecule has 0 spiro atoms. The van der Waals surface area contributed by atoms with Crippen molar-refractivity contribution in [2.45, 2.75) is 20.3 Å². The molecule has 0 atom stereocenters. The number of likely N-dealkylation sites (N-methyl/N-ethyl adjacent to an activating group) is 1. The van der Waals surface area contributed by atoms with Crippen molar-refractivity contribution in [3.05, 3.63) is 54.1 Å². The van der Waals surface area contributed by atoms with Gasteiger partial charge < -0.3 is 15.9 Å². The van der Waals surface area contributed by atoms with Crippen LogP contribution in [0.3, 0.4) is 0 Å². The summed E-state index contributed by atoms with van der Waals surface area (Å²) < 4.78 is 0. The molecular weight excluding hydrogens is 274 g/mol. The quantitative estimate of drug-likeness (QED) is 0.821. The smallest absolute Gasteiger partial charge is 0.122 e. The minimum Gasteiger partial charge on any atom is -0.395 e. The normalized spacial score (nSPS) is 13.0. The minimum atomic E-state index is 0.692. The second-order valence-corrected chi connectivity index (χ2v) is 4.12. The summed E-state index contributed by atoms with van der Waals surface area (Å²) in [4.78, 5) is 5.02. The average Bonchev–Trinajstić information content (AvgIpc) is 3.14. The zero-order chi connectivity index (χ0) is 16.8. The summed E-state index contributed by atoms with van der Waals surface area (Å²) in [6.07, 6.45) is 4.89. The fraction of sp³-hybridized carbons (Fsp3) is 0.389. The van der Waals surface area contributed by atoms with Gasteiger partial charge >= 0.3 is 0 Å². The molecule has 0 aliphatic carbocycles. The topological polar surface area (TPSA) is 59.6 Å². The van der Waals surface area contributed by atoms with Gasteiger partial charge in [0.2, 0.25) is 0 Å². The summed E-state index contributed by atoms with van der Waals surface area (Å²) in [6, 6.07) is 8.36. The average molecular weight is 303 g/mol. The third-order valence-corrected chi connectivity index (χ3v) is 2.90. The molecule has 0 amide bonds. The molecule has 0 fully saturated rings. The summed E-state index contributed by atoms with van der Waals surface area (Å²) >= 11 is 0. The summed E-state index contributed by atoms with van der Waals surface area (Å²) in [7, 11) is 3.43. The van der Waals surface area contributed by atoms with Crippen molar-refractivity contribution >= 4 is 11.3 Å². The highest BCUT2D eigenvalue weighted by Crippen LogP contribution is 2.18. The highest BCUT2D eigenvalue weighted by Gasteiger charge is 2.10. The third kappa shape index (κ3) is 6.24. The van der Waals surface area contributed by atoms with E-state index in [4.69, 9.17) is 4.84 Å². The highest BCUT2D eigenvalue weighted by atomic mass is 16.6. The molecule has 4 nitrogen and oxygen atoms in total. The molecule has 0 saturated carbocycles. The molecular formula is C18H29N3O. The molecule has 0 unspecified atom stereocenters. The van der Waals surface area contributed by atoms with Crippen LogP contribution in [0.5, 0.6) is 0 Å². The van der Waals surface area contributed by atoms with Crippen LogP contribution in [0.25, 0.3) is 5.57 Å². The Kier molecular flexibility index (Phi) is 11.7. The first kappa shape index (κ1) is 20.1. The van der Waals surface area contributed by atoms with E-state index in [0.29, 0.717) is 6.61 Å². The molecule has 1 aromatic carbocycles. The van der Waals surface area contributed by atoms with Crippen molar-refractivity contribution in [3.8, 4) is 0 Å². The second-order valence-electron chi connectivity index (χ2n) is 4.12. The van der Waals surface area contributed by atoms with Gasteiger partial charge in [0.25, 0.3) is 0 Å². The van der Waals surface area contributed by atoms with E-state index in [-0.39, 0.29) is 0 Å². The van der Waals surface area contributed by atoms with E-state index in [2.05, 4.69) is 53.1 Å². The monoisotopic (exact) mass is 303 g/mol. The highest BCUT2D eigenvalue weighted by molar-refractivity contribution is 6.01. The largest absolute Gasteiger partial charge is 0.395 e. The number of nitrogens with two attached hydrogens (primary N) is 1. The molecule has 0 radical (unpaired) electrons. The Hall–Kier alpha value is -1.91. The molecule has 1 heterocycles. The molecule has 1 aromatic rings. The molecule has 0 aromatic heterocycles. The van der Waals surface area contributed by atoms with E-state index >= 15 is 0 Å². The Bertz CT molecular complexity index is 476. The first-order valence-corrected chi connectivity index (χ1v) is 7.69. The van der Waals surface area contributed by atoms with Crippen LogP contribution in [0.4, 0.5) is 0 Å². The maximum Gasteiger partial charge on any atom is 0.122 e. The van der Waals surface area contributed by atoms with Crippen molar-refractivity contribution in [1.82, 2.24) is 5.32 Å². The van der Waals surface area contributed by atoms with Gasteiger partial charge in [0.1, 0.15) is 6.61 Å². The predicted molar refractivity (Wildman–Crippen MR) is 97.1 cm³/mol. The SMILES string of the molecule is C=C/C(=C\CNC)c1ccc(C2=NOCC2)cc1.CC.CN. The van der Waals surface area contributed by atoms with Crippen LogP contribution in [-0.2, 0) is 4.84 Å². The molecule has 122 valence electrons. The Labute approximate surface area is 134 Å².